The highest BCUT2D eigenvalue weighted by Gasteiger charge is 2.24. The third-order valence-corrected chi connectivity index (χ3v) is 4.28. The van der Waals surface area contributed by atoms with Crippen molar-refractivity contribution < 1.29 is 9.53 Å². The van der Waals surface area contributed by atoms with Crippen molar-refractivity contribution in [3.63, 3.8) is 0 Å². The van der Waals surface area contributed by atoms with E-state index in [2.05, 4.69) is 26.8 Å². The van der Waals surface area contributed by atoms with E-state index in [9.17, 15) is 4.79 Å². The Kier molecular flexibility index (Phi) is 3.74. The predicted molar refractivity (Wildman–Crippen MR) is 73.4 cm³/mol. The van der Waals surface area contributed by atoms with Crippen molar-refractivity contribution in [1.29, 1.82) is 0 Å². The van der Waals surface area contributed by atoms with Gasteiger partial charge in [0.15, 0.2) is 0 Å². The maximum absolute atomic E-state index is 11.4. The van der Waals surface area contributed by atoms with Gasteiger partial charge in [-0.05, 0) is 67.9 Å². The summed E-state index contributed by atoms with van der Waals surface area (Å²) in [4.78, 5) is 11.4. The quantitative estimate of drug-likeness (QED) is 0.792. The zero-order valence-electron chi connectivity index (χ0n) is 11.8. The van der Waals surface area contributed by atoms with Crippen LogP contribution < -0.4 is 4.74 Å². The van der Waals surface area contributed by atoms with Crippen LogP contribution in [0.15, 0.2) is 6.07 Å². The number of carbonyl (C=O) groups excluding carboxylic acids is 1. The molecule has 2 rings (SSSR count). The van der Waals surface area contributed by atoms with E-state index in [4.69, 9.17) is 4.74 Å². The van der Waals surface area contributed by atoms with Crippen LogP contribution in [0.1, 0.15) is 53.9 Å². The highest BCUT2D eigenvalue weighted by molar-refractivity contribution is 5.79. The van der Waals surface area contributed by atoms with E-state index in [0.717, 1.165) is 31.4 Å². The van der Waals surface area contributed by atoms with Crippen LogP contribution in [0.5, 0.6) is 5.75 Å². The Balaban J connectivity index is 2.39. The molecule has 1 aromatic carbocycles. The van der Waals surface area contributed by atoms with E-state index >= 15 is 0 Å². The lowest BCUT2D eigenvalue weighted by Gasteiger charge is -2.26. The molecule has 0 N–H and O–H groups in total. The number of methoxy groups -OCH3 is 1. The lowest BCUT2D eigenvalue weighted by Crippen LogP contribution is -2.15. The van der Waals surface area contributed by atoms with Gasteiger partial charge in [0.1, 0.15) is 11.5 Å². The SMILES string of the molecule is COc1cc(C)c(C2CCC(=O)CC2)c(C)c1C. The molecule has 1 aromatic rings. The van der Waals surface area contributed by atoms with E-state index in [0.29, 0.717) is 11.7 Å². The summed E-state index contributed by atoms with van der Waals surface area (Å²) in [5.41, 5.74) is 5.32. The largest absolute Gasteiger partial charge is 0.496 e. The number of Topliss-reactive ketones (excluding diaryl/α,β-unsaturated/α-hetero) is 1. The van der Waals surface area contributed by atoms with Gasteiger partial charge in [-0.2, -0.15) is 0 Å². The Labute approximate surface area is 109 Å². The van der Waals surface area contributed by atoms with Gasteiger partial charge in [0.2, 0.25) is 0 Å². The molecule has 0 amide bonds. The highest BCUT2D eigenvalue weighted by Crippen LogP contribution is 2.38. The molecule has 1 fully saturated rings. The van der Waals surface area contributed by atoms with E-state index in [1.54, 1.807) is 7.11 Å². The first-order valence-corrected chi connectivity index (χ1v) is 6.71. The summed E-state index contributed by atoms with van der Waals surface area (Å²) >= 11 is 0. The molecular formula is C16H22O2. The highest BCUT2D eigenvalue weighted by atomic mass is 16.5. The Bertz CT molecular complexity index is 464. The molecule has 0 heterocycles. The predicted octanol–water partition coefficient (Wildman–Crippen LogP) is 3.85. The third-order valence-electron chi connectivity index (χ3n) is 4.28. The molecule has 0 aliphatic heterocycles. The van der Waals surface area contributed by atoms with E-state index < -0.39 is 0 Å². The van der Waals surface area contributed by atoms with Gasteiger partial charge in [0, 0.05) is 12.8 Å². The van der Waals surface area contributed by atoms with Crippen LogP contribution in [0, 0.1) is 20.8 Å². The molecule has 0 atom stereocenters. The summed E-state index contributed by atoms with van der Waals surface area (Å²) in [6.07, 6.45) is 3.50. The van der Waals surface area contributed by atoms with Crippen molar-refractivity contribution >= 4 is 5.78 Å². The number of ketones is 1. The van der Waals surface area contributed by atoms with Crippen molar-refractivity contribution in [1.82, 2.24) is 0 Å². The summed E-state index contributed by atoms with van der Waals surface area (Å²) in [6, 6.07) is 2.13. The minimum atomic E-state index is 0.423. The first kappa shape index (κ1) is 13.1. The number of aryl methyl sites for hydroxylation is 1. The second-order valence-electron chi connectivity index (χ2n) is 5.37. The smallest absolute Gasteiger partial charge is 0.132 e. The Hall–Kier alpha value is -1.31. The van der Waals surface area contributed by atoms with Gasteiger partial charge in [-0.25, -0.2) is 0 Å². The molecule has 0 spiro atoms. The Morgan fingerprint density at radius 1 is 1.11 bits per heavy atom. The molecule has 1 aliphatic carbocycles. The molecule has 18 heavy (non-hydrogen) atoms. The monoisotopic (exact) mass is 246 g/mol. The van der Waals surface area contributed by atoms with Crippen LogP contribution in [0.2, 0.25) is 0 Å². The summed E-state index contributed by atoms with van der Waals surface area (Å²) in [5.74, 6) is 1.94. The summed E-state index contributed by atoms with van der Waals surface area (Å²) in [7, 11) is 1.72. The van der Waals surface area contributed by atoms with Gasteiger partial charge in [-0.3, -0.25) is 4.79 Å². The average Bonchev–Trinajstić information content (AvgIpc) is 2.36. The van der Waals surface area contributed by atoms with E-state index in [1.165, 1.54) is 22.3 Å². The molecule has 1 saturated carbocycles. The second-order valence-corrected chi connectivity index (χ2v) is 5.37. The minimum absolute atomic E-state index is 0.423. The summed E-state index contributed by atoms with van der Waals surface area (Å²) in [6.45, 7) is 6.45. The van der Waals surface area contributed by atoms with Gasteiger partial charge in [-0.15, -0.1) is 0 Å². The molecule has 2 nitrogen and oxygen atoms in total. The number of hydrogen-bond donors (Lipinski definition) is 0. The number of benzene rings is 1. The normalized spacial score (nSPS) is 17.0. The van der Waals surface area contributed by atoms with Crippen LogP contribution in [-0.4, -0.2) is 12.9 Å². The lowest BCUT2D eigenvalue weighted by molar-refractivity contribution is -0.120. The van der Waals surface area contributed by atoms with Crippen molar-refractivity contribution in [3.05, 3.63) is 28.3 Å². The number of rotatable bonds is 2. The fraction of sp³-hybridized carbons (Fsp3) is 0.562. The van der Waals surface area contributed by atoms with E-state index in [-0.39, 0.29) is 0 Å². The lowest BCUT2D eigenvalue weighted by atomic mass is 9.79. The Morgan fingerprint density at radius 2 is 1.72 bits per heavy atom. The van der Waals surface area contributed by atoms with Gasteiger partial charge in [0.25, 0.3) is 0 Å². The summed E-state index contributed by atoms with van der Waals surface area (Å²) < 4.78 is 5.41. The molecule has 0 radical (unpaired) electrons. The van der Waals surface area contributed by atoms with Crippen LogP contribution in [0.3, 0.4) is 0 Å². The molecule has 0 unspecified atom stereocenters. The van der Waals surface area contributed by atoms with Crippen LogP contribution >= 0.6 is 0 Å². The molecule has 0 bridgehead atoms. The molecular weight excluding hydrogens is 224 g/mol. The van der Waals surface area contributed by atoms with Gasteiger partial charge < -0.3 is 4.74 Å². The van der Waals surface area contributed by atoms with Gasteiger partial charge >= 0.3 is 0 Å². The number of ether oxygens (including phenoxy) is 1. The zero-order chi connectivity index (χ0) is 13.3. The molecule has 98 valence electrons. The van der Waals surface area contributed by atoms with Crippen molar-refractivity contribution in [2.24, 2.45) is 0 Å². The van der Waals surface area contributed by atoms with Crippen LogP contribution in [0.4, 0.5) is 0 Å². The molecule has 0 saturated heterocycles. The number of carbonyl (C=O) groups is 1. The maximum Gasteiger partial charge on any atom is 0.132 e. The van der Waals surface area contributed by atoms with Crippen LogP contribution in [-0.2, 0) is 4.79 Å². The molecule has 2 heteroatoms. The third kappa shape index (κ3) is 2.29. The summed E-state index contributed by atoms with van der Waals surface area (Å²) in [5, 5.41) is 0. The first-order valence-electron chi connectivity index (χ1n) is 6.71. The molecule has 1 aliphatic rings. The minimum Gasteiger partial charge on any atom is -0.496 e. The topological polar surface area (TPSA) is 26.3 Å². The fourth-order valence-electron chi connectivity index (χ4n) is 3.13. The van der Waals surface area contributed by atoms with Crippen molar-refractivity contribution in [2.75, 3.05) is 7.11 Å². The van der Waals surface area contributed by atoms with E-state index in [1.807, 2.05) is 0 Å². The molecule has 0 aromatic heterocycles. The van der Waals surface area contributed by atoms with Gasteiger partial charge in [0.05, 0.1) is 7.11 Å². The number of hydrogen-bond acceptors (Lipinski definition) is 2. The maximum atomic E-state index is 11.4. The zero-order valence-corrected chi connectivity index (χ0v) is 11.8. The second kappa shape index (κ2) is 5.13. The van der Waals surface area contributed by atoms with Gasteiger partial charge in [-0.1, -0.05) is 0 Å². The standard InChI is InChI=1S/C16H22O2/c1-10-9-15(18-4)11(2)12(3)16(10)13-5-7-14(17)8-6-13/h9,13H,5-8H2,1-4H3. The van der Waals surface area contributed by atoms with Crippen molar-refractivity contribution in [3.8, 4) is 5.75 Å². The average molecular weight is 246 g/mol. The first-order chi connectivity index (χ1) is 8.54. The fourth-order valence-corrected chi connectivity index (χ4v) is 3.13. The van der Waals surface area contributed by atoms with Crippen molar-refractivity contribution in [2.45, 2.75) is 52.4 Å². The van der Waals surface area contributed by atoms with Crippen LogP contribution in [0.25, 0.3) is 0 Å². The Morgan fingerprint density at radius 3 is 2.28 bits per heavy atom.